The number of para-hydroxylation sites is 1. The molecule has 0 saturated heterocycles. The SMILES string of the molecule is CN(C(=O)c1cccc(NC(=O)CNc2cccc(Cl)c2Cl)c1)c1ccccc1. The van der Waals surface area contributed by atoms with Crippen molar-refractivity contribution < 1.29 is 9.59 Å². The van der Waals surface area contributed by atoms with Gasteiger partial charge in [0.15, 0.2) is 0 Å². The topological polar surface area (TPSA) is 61.4 Å². The van der Waals surface area contributed by atoms with Crippen molar-refractivity contribution in [1.82, 2.24) is 0 Å². The fraction of sp³-hybridized carbons (Fsp3) is 0.0909. The highest BCUT2D eigenvalue weighted by Crippen LogP contribution is 2.29. The van der Waals surface area contributed by atoms with Gasteiger partial charge in [-0.15, -0.1) is 0 Å². The van der Waals surface area contributed by atoms with Gasteiger partial charge in [0.1, 0.15) is 0 Å². The maximum absolute atomic E-state index is 12.7. The third-order valence-corrected chi connectivity index (χ3v) is 5.05. The van der Waals surface area contributed by atoms with E-state index in [1.54, 1.807) is 54.4 Å². The molecule has 0 atom stereocenters. The van der Waals surface area contributed by atoms with Gasteiger partial charge < -0.3 is 15.5 Å². The zero-order valence-electron chi connectivity index (χ0n) is 15.7. The lowest BCUT2D eigenvalue weighted by molar-refractivity contribution is -0.114. The highest BCUT2D eigenvalue weighted by molar-refractivity contribution is 6.43. The van der Waals surface area contributed by atoms with Crippen LogP contribution in [0.1, 0.15) is 10.4 Å². The van der Waals surface area contributed by atoms with E-state index in [0.717, 1.165) is 5.69 Å². The van der Waals surface area contributed by atoms with Gasteiger partial charge in [-0.2, -0.15) is 0 Å². The third kappa shape index (κ3) is 5.28. The summed E-state index contributed by atoms with van der Waals surface area (Å²) in [6.45, 7) is 0.00214. The largest absolute Gasteiger partial charge is 0.375 e. The monoisotopic (exact) mass is 427 g/mol. The molecule has 2 N–H and O–H groups in total. The Morgan fingerprint density at radius 1 is 0.931 bits per heavy atom. The molecule has 0 heterocycles. The molecule has 0 fully saturated rings. The van der Waals surface area contributed by atoms with Crippen LogP contribution in [0.2, 0.25) is 10.0 Å². The molecule has 0 unspecified atom stereocenters. The number of rotatable bonds is 6. The Labute approximate surface area is 179 Å². The van der Waals surface area contributed by atoms with Gasteiger partial charge in [0.2, 0.25) is 5.91 Å². The first kappa shape index (κ1) is 20.7. The number of hydrogen-bond donors (Lipinski definition) is 2. The Hall–Kier alpha value is -3.02. The second kappa shape index (κ2) is 9.45. The number of hydrogen-bond acceptors (Lipinski definition) is 3. The van der Waals surface area contributed by atoms with E-state index in [2.05, 4.69) is 10.6 Å². The van der Waals surface area contributed by atoms with Gasteiger partial charge in [0.05, 0.1) is 22.3 Å². The highest BCUT2D eigenvalue weighted by Gasteiger charge is 2.14. The maximum Gasteiger partial charge on any atom is 0.258 e. The average molecular weight is 428 g/mol. The summed E-state index contributed by atoms with van der Waals surface area (Å²) in [5.74, 6) is -0.446. The van der Waals surface area contributed by atoms with Crippen LogP contribution in [0, 0.1) is 0 Å². The molecule has 0 saturated carbocycles. The summed E-state index contributed by atoms with van der Waals surface area (Å²) in [4.78, 5) is 26.6. The summed E-state index contributed by atoms with van der Waals surface area (Å²) in [5.41, 5.74) is 2.36. The molecule has 0 bridgehead atoms. The average Bonchev–Trinajstić information content (AvgIpc) is 2.74. The number of nitrogens with one attached hydrogen (secondary N) is 2. The summed E-state index contributed by atoms with van der Waals surface area (Å²) in [6, 6.07) is 21.3. The van der Waals surface area contributed by atoms with Gasteiger partial charge in [-0.1, -0.05) is 53.5 Å². The Kier molecular flexibility index (Phi) is 6.75. The summed E-state index contributed by atoms with van der Waals surface area (Å²) < 4.78 is 0. The zero-order chi connectivity index (χ0) is 20.8. The smallest absolute Gasteiger partial charge is 0.258 e. The molecule has 148 valence electrons. The molecule has 0 aliphatic heterocycles. The van der Waals surface area contributed by atoms with E-state index in [4.69, 9.17) is 23.2 Å². The van der Waals surface area contributed by atoms with E-state index in [1.807, 2.05) is 30.3 Å². The zero-order valence-corrected chi connectivity index (χ0v) is 17.2. The van der Waals surface area contributed by atoms with Crippen LogP contribution in [0.4, 0.5) is 17.1 Å². The van der Waals surface area contributed by atoms with E-state index in [1.165, 1.54) is 0 Å². The van der Waals surface area contributed by atoms with Crippen LogP contribution < -0.4 is 15.5 Å². The molecule has 5 nitrogen and oxygen atoms in total. The number of carbonyl (C=O) groups is 2. The van der Waals surface area contributed by atoms with E-state index in [9.17, 15) is 9.59 Å². The number of anilines is 3. The molecule has 2 amide bonds. The number of nitrogens with zero attached hydrogens (tertiary/aromatic N) is 1. The summed E-state index contributed by atoms with van der Waals surface area (Å²) >= 11 is 12.1. The molecule has 0 aliphatic carbocycles. The van der Waals surface area contributed by atoms with Gasteiger partial charge in [-0.25, -0.2) is 0 Å². The minimum Gasteiger partial charge on any atom is -0.375 e. The van der Waals surface area contributed by atoms with Gasteiger partial charge in [0.25, 0.3) is 5.91 Å². The molecule has 3 aromatic rings. The molecule has 7 heteroatoms. The first-order valence-corrected chi connectivity index (χ1v) is 9.62. The number of benzene rings is 3. The quantitative estimate of drug-likeness (QED) is 0.559. The van der Waals surface area contributed by atoms with Crippen LogP contribution in [-0.2, 0) is 4.79 Å². The standard InChI is InChI=1S/C22H19Cl2N3O2/c1-27(17-9-3-2-4-10-17)22(29)15-7-5-8-16(13-15)26-20(28)14-25-19-12-6-11-18(23)21(19)24/h2-13,25H,14H2,1H3,(H,26,28). The molecule has 3 aromatic carbocycles. The fourth-order valence-corrected chi connectivity index (χ4v) is 3.08. The van der Waals surface area contributed by atoms with Crippen LogP contribution in [0.15, 0.2) is 72.8 Å². The van der Waals surface area contributed by atoms with Crippen LogP contribution in [0.25, 0.3) is 0 Å². The van der Waals surface area contributed by atoms with Crippen molar-refractivity contribution in [1.29, 1.82) is 0 Å². The van der Waals surface area contributed by atoms with E-state index in [0.29, 0.717) is 27.0 Å². The second-order valence-corrected chi connectivity index (χ2v) is 7.07. The summed E-state index contributed by atoms with van der Waals surface area (Å²) in [6.07, 6.45) is 0. The molecule has 0 radical (unpaired) electrons. The molecule has 0 aliphatic rings. The molecular weight excluding hydrogens is 409 g/mol. The van der Waals surface area contributed by atoms with E-state index < -0.39 is 0 Å². The summed E-state index contributed by atoms with van der Waals surface area (Å²) in [5, 5.41) is 6.49. The lowest BCUT2D eigenvalue weighted by Gasteiger charge is -2.18. The molecule has 0 aromatic heterocycles. The van der Waals surface area contributed by atoms with Crippen molar-refractivity contribution in [2.24, 2.45) is 0 Å². The van der Waals surface area contributed by atoms with Crippen molar-refractivity contribution >= 4 is 52.1 Å². The Bertz CT molecular complexity index is 1030. The Balaban J connectivity index is 1.64. The van der Waals surface area contributed by atoms with Crippen LogP contribution in [0.3, 0.4) is 0 Å². The van der Waals surface area contributed by atoms with Crippen molar-refractivity contribution in [3.63, 3.8) is 0 Å². The number of amides is 2. The minimum absolute atomic E-state index is 0.00214. The van der Waals surface area contributed by atoms with Crippen molar-refractivity contribution in [2.45, 2.75) is 0 Å². The maximum atomic E-state index is 12.7. The van der Waals surface area contributed by atoms with Crippen LogP contribution >= 0.6 is 23.2 Å². The number of carbonyl (C=O) groups excluding carboxylic acids is 2. The van der Waals surface area contributed by atoms with Crippen LogP contribution in [0.5, 0.6) is 0 Å². The molecule has 0 spiro atoms. The predicted octanol–water partition coefficient (Wildman–Crippen LogP) is 5.32. The Morgan fingerprint density at radius 3 is 2.41 bits per heavy atom. The number of halogens is 2. The Morgan fingerprint density at radius 2 is 1.66 bits per heavy atom. The summed E-state index contributed by atoms with van der Waals surface area (Å²) in [7, 11) is 1.71. The predicted molar refractivity (Wildman–Crippen MR) is 119 cm³/mol. The van der Waals surface area contributed by atoms with E-state index in [-0.39, 0.29) is 18.4 Å². The van der Waals surface area contributed by atoms with Gasteiger partial charge in [-0.05, 0) is 42.5 Å². The van der Waals surface area contributed by atoms with Gasteiger partial charge in [0, 0.05) is 24.0 Å². The highest BCUT2D eigenvalue weighted by atomic mass is 35.5. The van der Waals surface area contributed by atoms with Crippen molar-refractivity contribution in [3.8, 4) is 0 Å². The normalized spacial score (nSPS) is 10.3. The van der Waals surface area contributed by atoms with E-state index >= 15 is 0 Å². The minimum atomic E-state index is -0.276. The fourth-order valence-electron chi connectivity index (χ4n) is 2.71. The first-order valence-electron chi connectivity index (χ1n) is 8.86. The molecular formula is C22H19Cl2N3O2. The van der Waals surface area contributed by atoms with Gasteiger partial charge >= 0.3 is 0 Å². The van der Waals surface area contributed by atoms with Gasteiger partial charge in [-0.3, -0.25) is 9.59 Å². The van der Waals surface area contributed by atoms with Crippen molar-refractivity contribution in [2.75, 3.05) is 29.1 Å². The first-order chi connectivity index (χ1) is 14.0. The second-order valence-electron chi connectivity index (χ2n) is 6.28. The lowest BCUT2D eigenvalue weighted by atomic mass is 10.1. The third-order valence-electron chi connectivity index (χ3n) is 4.23. The molecule has 29 heavy (non-hydrogen) atoms. The van der Waals surface area contributed by atoms with Crippen LogP contribution in [-0.4, -0.2) is 25.4 Å². The van der Waals surface area contributed by atoms with Crippen molar-refractivity contribution in [3.05, 3.63) is 88.4 Å². The molecule has 3 rings (SSSR count). The lowest BCUT2D eigenvalue weighted by Crippen LogP contribution is -2.26.